The van der Waals surface area contributed by atoms with Crippen molar-refractivity contribution in [2.24, 2.45) is 0 Å². The third kappa shape index (κ3) is 7.51. The number of methoxy groups -OCH3 is 1. The summed E-state index contributed by atoms with van der Waals surface area (Å²) in [6, 6.07) is 7.10. The Balaban J connectivity index is 1.54. The van der Waals surface area contributed by atoms with Crippen molar-refractivity contribution < 1.29 is 28.5 Å². The molecule has 0 saturated heterocycles. The standard InChI is InChI=1S/C26H33N3O6/c1-17(16-33-13-7-6-11-28-25(31)35-26(2,3)4)34-23-20-10-12-27-15-21(20)19-9-8-18(24(30)32-5)14-22(19)29-23/h8-10,12,14-15,17H,6-7,11,13,16H2,1-5H3,(H,28,31). The quantitative estimate of drug-likeness (QED) is 0.252. The van der Waals surface area contributed by atoms with E-state index < -0.39 is 17.7 Å². The topological polar surface area (TPSA) is 109 Å². The molecular weight excluding hydrogens is 450 g/mol. The molecule has 0 saturated carbocycles. The largest absolute Gasteiger partial charge is 0.472 e. The maximum atomic E-state index is 11.9. The van der Waals surface area contributed by atoms with Gasteiger partial charge < -0.3 is 24.3 Å². The number of nitrogens with zero attached hydrogens (tertiary/aromatic N) is 2. The number of alkyl carbamates (subject to hydrolysis) is 1. The number of ether oxygens (including phenoxy) is 4. The molecule has 3 aromatic rings. The zero-order valence-corrected chi connectivity index (χ0v) is 20.9. The molecule has 35 heavy (non-hydrogen) atoms. The first kappa shape index (κ1) is 26.2. The van der Waals surface area contributed by atoms with E-state index in [1.807, 2.05) is 39.8 Å². The van der Waals surface area contributed by atoms with Gasteiger partial charge in [-0.05, 0) is 58.7 Å². The van der Waals surface area contributed by atoms with Gasteiger partial charge in [-0.25, -0.2) is 14.6 Å². The Bertz CT molecular complexity index is 1170. The highest BCUT2D eigenvalue weighted by molar-refractivity contribution is 6.08. The number of unbranched alkanes of at least 4 members (excludes halogenated alkanes) is 1. The molecule has 0 bridgehead atoms. The van der Waals surface area contributed by atoms with E-state index in [1.165, 1.54) is 7.11 Å². The fraction of sp³-hybridized carbons (Fsp3) is 0.462. The summed E-state index contributed by atoms with van der Waals surface area (Å²) in [7, 11) is 1.35. The van der Waals surface area contributed by atoms with Gasteiger partial charge in [0.05, 0.1) is 24.8 Å². The van der Waals surface area contributed by atoms with Crippen LogP contribution >= 0.6 is 0 Å². The second-order valence-corrected chi connectivity index (χ2v) is 9.20. The smallest absolute Gasteiger partial charge is 0.407 e. The first-order valence-corrected chi connectivity index (χ1v) is 11.6. The molecule has 1 aromatic carbocycles. The lowest BCUT2D eigenvalue weighted by molar-refractivity contribution is 0.0503. The molecule has 1 N–H and O–H groups in total. The second kappa shape index (κ2) is 11.8. The third-order valence-electron chi connectivity index (χ3n) is 5.03. The normalized spacial score (nSPS) is 12.4. The molecule has 0 spiro atoms. The summed E-state index contributed by atoms with van der Waals surface area (Å²) >= 11 is 0. The van der Waals surface area contributed by atoms with Crippen LogP contribution in [0.2, 0.25) is 0 Å². The van der Waals surface area contributed by atoms with Crippen LogP contribution < -0.4 is 10.1 Å². The predicted octanol–water partition coefficient (Wildman–Crippen LogP) is 4.66. The lowest BCUT2D eigenvalue weighted by Crippen LogP contribution is -2.33. The van der Waals surface area contributed by atoms with Crippen LogP contribution in [0.25, 0.3) is 21.7 Å². The van der Waals surface area contributed by atoms with E-state index in [-0.39, 0.29) is 6.10 Å². The molecule has 9 nitrogen and oxygen atoms in total. The number of nitrogens with one attached hydrogen (secondary N) is 1. The summed E-state index contributed by atoms with van der Waals surface area (Å²) in [5, 5.41) is 5.32. The molecule has 0 aliphatic rings. The Kier molecular flexibility index (Phi) is 8.81. The van der Waals surface area contributed by atoms with Crippen molar-refractivity contribution in [2.75, 3.05) is 26.9 Å². The summed E-state index contributed by atoms with van der Waals surface area (Å²) in [5.74, 6) is 0.0279. The average Bonchev–Trinajstić information content (AvgIpc) is 2.81. The minimum absolute atomic E-state index is 0.250. The van der Waals surface area contributed by atoms with Crippen molar-refractivity contribution in [1.82, 2.24) is 15.3 Å². The molecule has 1 atom stereocenters. The van der Waals surface area contributed by atoms with Crippen LogP contribution in [0, 0.1) is 0 Å². The minimum atomic E-state index is -0.505. The monoisotopic (exact) mass is 483 g/mol. The number of esters is 1. The fourth-order valence-corrected chi connectivity index (χ4v) is 3.46. The highest BCUT2D eigenvalue weighted by Crippen LogP contribution is 2.31. The molecule has 2 aromatic heterocycles. The van der Waals surface area contributed by atoms with Crippen LogP contribution in [0.1, 0.15) is 50.9 Å². The van der Waals surface area contributed by atoms with Gasteiger partial charge in [0.1, 0.15) is 11.7 Å². The minimum Gasteiger partial charge on any atom is -0.472 e. The van der Waals surface area contributed by atoms with Crippen molar-refractivity contribution in [3.05, 3.63) is 42.2 Å². The van der Waals surface area contributed by atoms with Gasteiger partial charge in [-0.3, -0.25) is 4.98 Å². The van der Waals surface area contributed by atoms with Crippen LogP contribution in [-0.2, 0) is 14.2 Å². The summed E-state index contributed by atoms with van der Waals surface area (Å²) in [5.41, 5.74) is 0.530. The number of fused-ring (bicyclic) bond motifs is 3. The van der Waals surface area contributed by atoms with E-state index in [9.17, 15) is 9.59 Å². The van der Waals surface area contributed by atoms with E-state index >= 15 is 0 Å². The molecule has 188 valence electrons. The van der Waals surface area contributed by atoms with E-state index in [2.05, 4.69) is 15.3 Å². The highest BCUT2D eigenvalue weighted by atomic mass is 16.6. The first-order chi connectivity index (χ1) is 16.7. The van der Waals surface area contributed by atoms with E-state index in [0.29, 0.717) is 36.7 Å². The van der Waals surface area contributed by atoms with Crippen molar-refractivity contribution >= 4 is 33.7 Å². The van der Waals surface area contributed by atoms with Crippen molar-refractivity contribution in [3.8, 4) is 5.88 Å². The summed E-state index contributed by atoms with van der Waals surface area (Å²) in [6.07, 6.45) is 4.36. The van der Waals surface area contributed by atoms with Gasteiger partial charge in [-0.15, -0.1) is 0 Å². The maximum absolute atomic E-state index is 11.9. The lowest BCUT2D eigenvalue weighted by atomic mass is 10.1. The molecule has 0 aliphatic carbocycles. The Labute approximate surface area is 205 Å². The van der Waals surface area contributed by atoms with Crippen LogP contribution in [-0.4, -0.2) is 60.6 Å². The van der Waals surface area contributed by atoms with Crippen LogP contribution in [0.3, 0.4) is 0 Å². The molecule has 1 amide bonds. The van der Waals surface area contributed by atoms with Crippen molar-refractivity contribution in [3.63, 3.8) is 0 Å². The van der Waals surface area contributed by atoms with E-state index in [1.54, 1.807) is 24.5 Å². The summed E-state index contributed by atoms with van der Waals surface area (Å²) in [6.45, 7) is 8.85. The molecule has 3 rings (SSSR count). The van der Waals surface area contributed by atoms with Crippen molar-refractivity contribution in [2.45, 2.75) is 52.2 Å². The number of amides is 1. The molecule has 0 radical (unpaired) electrons. The van der Waals surface area contributed by atoms with Gasteiger partial charge in [0.2, 0.25) is 5.88 Å². The zero-order chi connectivity index (χ0) is 25.4. The number of aromatic nitrogens is 2. The van der Waals surface area contributed by atoms with Crippen LogP contribution in [0.5, 0.6) is 5.88 Å². The van der Waals surface area contributed by atoms with E-state index in [0.717, 1.165) is 29.0 Å². The maximum Gasteiger partial charge on any atom is 0.407 e. The number of benzene rings is 1. The summed E-state index contributed by atoms with van der Waals surface area (Å²) in [4.78, 5) is 32.5. The average molecular weight is 484 g/mol. The lowest BCUT2D eigenvalue weighted by Gasteiger charge is -2.19. The van der Waals surface area contributed by atoms with Crippen molar-refractivity contribution in [1.29, 1.82) is 0 Å². The Morgan fingerprint density at radius 2 is 1.89 bits per heavy atom. The van der Waals surface area contributed by atoms with Crippen LogP contribution in [0.4, 0.5) is 4.79 Å². The number of rotatable bonds is 10. The second-order valence-electron chi connectivity index (χ2n) is 9.20. The highest BCUT2D eigenvalue weighted by Gasteiger charge is 2.16. The molecule has 9 heteroatoms. The molecule has 0 fully saturated rings. The van der Waals surface area contributed by atoms with Gasteiger partial charge in [0, 0.05) is 41.7 Å². The fourth-order valence-electron chi connectivity index (χ4n) is 3.46. The van der Waals surface area contributed by atoms with Gasteiger partial charge in [-0.2, -0.15) is 0 Å². The molecule has 0 aliphatic heterocycles. The number of carbonyl (C=O) groups is 2. The SMILES string of the molecule is COC(=O)c1ccc2c(c1)nc(OC(C)COCCCCNC(=O)OC(C)(C)C)c1ccncc12. The van der Waals surface area contributed by atoms with Gasteiger partial charge in [-0.1, -0.05) is 6.07 Å². The van der Waals surface area contributed by atoms with Gasteiger partial charge in [0.25, 0.3) is 0 Å². The van der Waals surface area contributed by atoms with Gasteiger partial charge >= 0.3 is 12.1 Å². The predicted molar refractivity (Wildman–Crippen MR) is 133 cm³/mol. The molecule has 2 heterocycles. The number of pyridine rings is 2. The number of hydrogen-bond acceptors (Lipinski definition) is 8. The molecular formula is C26H33N3O6. The number of carbonyl (C=O) groups excluding carboxylic acids is 2. The first-order valence-electron chi connectivity index (χ1n) is 11.6. The van der Waals surface area contributed by atoms with Crippen LogP contribution in [0.15, 0.2) is 36.7 Å². The Morgan fingerprint density at radius 1 is 1.09 bits per heavy atom. The Hall–Kier alpha value is -3.46. The van der Waals surface area contributed by atoms with E-state index in [4.69, 9.17) is 18.9 Å². The van der Waals surface area contributed by atoms with Gasteiger partial charge in [0.15, 0.2) is 0 Å². The Morgan fingerprint density at radius 3 is 2.63 bits per heavy atom. The third-order valence-corrected chi connectivity index (χ3v) is 5.03. The molecule has 1 unspecified atom stereocenters. The number of hydrogen-bond donors (Lipinski definition) is 1. The zero-order valence-electron chi connectivity index (χ0n) is 20.9. The summed E-state index contributed by atoms with van der Waals surface area (Å²) < 4.78 is 21.9.